The smallest absolute Gasteiger partial charge is 0.271 e. The number of hydrogen-bond acceptors (Lipinski definition) is 6. The van der Waals surface area contributed by atoms with Crippen molar-refractivity contribution >= 4 is 33.2 Å². The summed E-state index contributed by atoms with van der Waals surface area (Å²) < 4.78 is 28.7. The number of amides is 2. The van der Waals surface area contributed by atoms with Crippen molar-refractivity contribution in [2.45, 2.75) is 75.9 Å². The predicted molar refractivity (Wildman–Crippen MR) is 165 cm³/mol. The Morgan fingerprint density at radius 3 is 2.28 bits per heavy atom. The van der Waals surface area contributed by atoms with Crippen molar-refractivity contribution in [2.75, 3.05) is 10.8 Å². The highest BCUT2D eigenvalue weighted by Crippen LogP contribution is 2.28. The fourth-order valence-corrected chi connectivity index (χ4v) is 6.79. The summed E-state index contributed by atoms with van der Waals surface area (Å²) in [6.07, 6.45) is 5.27. The lowest BCUT2D eigenvalue weighted by Crippen LogP contribution is -2.54. The van der Waals surface area contributed by atoms with Crippen LogP contribution >= 0.6 is 0 Å². The number of nitrogens with zero attached hydrogens (tertiary/aromatic N) is 3. The van der Waals surface area contributed by atoms with E-state index in [1.54, 1.807) is 18.2 Å². The molecule has 43 heavy (non-hydrogen) atoms. The number of aryl methyl sites for hydroxylation is 1. The van der Waals surface area contributed by atoms with Crippen LogP contribution in [0.15, 0.2) is 83.8 Å². The Balaban J connectivity index is 1.72. The Bertz CT molecular complexity index is 1520. The molecule has 0 saturated heterocycles. The number of hydrogen-bond donors (Lipinski definition) is 1. The summed E-state index contributed by atoms with van der Waals surface area (Å²) in [5.41, 5.74) is 1.49. The Morgan fingerprint density at radius 2 is 1.65 bits per heavy atom. The molecule has 4 rings (SSSR count). The molecule has 0 aromatic heterocycles. The molecule has 1 N–H and O–H groups in total. The molecule has 1 aliphatic carbocycles. The van der Waals surface area contributed by atoms with Gasteiger partial charge in [0, 0.05) is 24.7 Å². The van der Waals surface area contributed by atoms with E-state index in [4.69, 9.17) is 0 Å². The number of nitro benzene ring substituents is 1. The number of carbonyl (C=O) groups excluding carboxylic acids is 2. The van der Waals surface area contributed by atoms with Gasteiger partial charge in [0.25, 0.3) is 15.7 Å². The molecule has 0 bridgehead atoms. The van der Waals surface area contributed by atoms with Crippen LogP contribution in [0, 0.1) is 17.0 Å². The lowest BCUT2D eigenvalue weighted by Gasteiger charge is -2.34. The molecule has 11 heteroatoms. The maximum atomic E-state index is 14.2. The standard InChI is InChI=1S/C32H38N4O6S/c1-3-30(32(38)33-26-11-6-4-7-12-26)34(22-25-19-17-24(2)18-20-25)31(37)23-35(27-13-10-14-28(21-27)36(39)40)43(41,42)29-15-8-5-9-16-29/h5,8-10,13-21,26,30H,3-4,6-7,11-12,22-23H2,1-2H3,(H,33,38). The summed E-state index contributed by atoms with van der Waals surface area (Å²) in [6.45, 7) is 3.20. The summed E-state index contributed by atoms with van der Waals surface area (Å²) in [6, 6.07) is 19.5. The first-order valence-electron chi connectivity index (χ1n) is 14.6. The average molecular weight is 607 g/mol. The zero-order valence-electron chi connectivity index (χ0n) is 24.5. The number of non-ortho nitro benzene ring substituents is 1. The lowest BCUT2D eigenvalue weighted by atomic mass is 9.95. The van der Waals surface area contributed by atoms with Gasteiger partial charge in [0.2, 0.25) is 11.8 Å². The molecule has 0 radical (unpaired) electrons. The molecule has 1 aliphatic rings. The van der Waals surface area contributed by atoms with Gasteiger partial charge in [0.15, 0.2) is 0 Å². The van der Waals surface area contributed by atoms with Crippen molar-refractivity contribution in [3.05, 3.63) is 100 Å². The van der Waals surface area contributed by atoms with Gasteiger partial charge in [0.1, 0.15) is 12.6 Å². The molecule has 228 valence electrons. The van der Waals surface area contributed by atoms with Crippen LogP contribution in [0.5, 0.6) is 0 Å². The van der Waals surface area contributed by atoms with Crippen molar-refractivity contribution in [1.29, 1.82) is 0 Å². The molecular formula is C32H38N4O6S. The maximum Gasteiger partial charge on any atom is 0.271 e. The van der Waals surface area contributed by atoms with Gasteiger partial charge in [-0.2, -0.15) is 0 Å². The molecule has 1 atom stereocenters. The molecule has 1 unspecified atom stereocenters. The van der Waals surface area contributed by atoms with Crippen molar-refractivity contribution in [2.24, 2.45) is 0 Å². The van der Waals surface area contributed by atoms with E-state index < -0.39 is 33.4 Å². The zero-order chi connectivity index (χ0) is 31.0. The first kappa shape index (κ1) is 31.7. The van der Waals surface area contributed by atoms with Crippen LogP contribution in [-0.2, 0) is 26.2 Å². The Morgan fingerprint density at radius 1 is 0.977 bits per heavy atom. The fourth-order valence-electron chi connectivity index (χ4n) is 5.36. The van der Waals surface area contributed by atoms with Gasteiger partial charge >= 0.3 is 0 Å². The number of nitro groups is 1. The summed E-state index contributed by atoms with van der Waals surface area (Å²) in [7, 11) is -4.32. The summed E-state index contributed by atoms with van der Waals surface area (Å²) >= 11 is 0. The predicted octanol–water partition coefficient (Wildman–Crippen LogP) is 5.35. The van der Waals surface area contributed by atoms with E-state index >= 15 is 0 Å². The van der Waals surface area contributed by atoms with E-state index in [2.05, 4.69) is 5.32 Å². The third-order valence-corrected chi connectivity index (χ3v) is 9.54. The third-order valence-electron chi connectivity index (χ3n) is 7.75. The molecule has 1 saturated carbocycles. The van der Waals surface area contributed by atoms with Crippen LogP contribution in [-0.4, -0.2) is 48.7 Å². The minimum Gasteiger partial charge on any atom is -0.352 e. The number of anilines is 1. The first-order chi connectivity index (χ1) is 20.6. The van der Waals surface area contributed by atoms with Gasteiger partial charge < -0.3 is 10.2 Å². The number of rotatable bonds is 12. The average Bonchev–Trinajstić information content (AvgIpc) is 3.01. The molecule has 0 spiro atoms. The third kappa shape index (κ3) is 7.98. The van der Waals surface area contributed by atoms with Gasteiger partial charge in [-0.3, -0.25) is 24.0 Å². The highest BCUT2D eigenvalue weighted by Gasteiger charge is 2.34. The number of nitrogens with one attached hydrogen (secondary N) is 1. The SMILES string of the molecule is CCC(C(=O)NC1CCCCC1)N(Cc1ccc(C)cc1)C(=O)CN(c1cccc([N+](=O)[O-])c1)S(=O)(=O)c1ccccc1. The number of benzene rings is 3. The second kappa shape index (κ2) is 14.3. The summed E-state index contributed by atoms with van der Waals surface area (Å²) in [5, 5.41) is 14.7. The normalized spacial score (nSPS) is 14.5. The van der Waals surface area contributed by atoms with E-state index in [1.807, 2.05) is 38.1 Å². The van der Waals surface area contributed by atoms with Crippen molar-refractivity contribution in [1.82, 2.24) is 10.2 Å². The minimum absolute atomic E-state index is 0.0265. The van der Waals surface area contributed by atoms with Crippen LogP contribution in [0.25, 0.3) is 0 Å². The van der Waals surface area contributed by atoms with Crippen LogP contribution < -0.4 is 9.62 Å². The topological polar surface area (TPSA) is 130 Å². The maximum absolute atomic E-state index is 14.2. The summed E-state index contributed by atoms with van der Waals surface area (Å²) in [4.78, 5) is 40.1. The van der Waals surface area contributed by atoms with Crippen molar-refractivity contribution < 1.29 is 22.9 Å². The number of carbonyl (C=O) groups is 2. The molecule has 0 aliphatic heterocycles. The van der Waals surface area contributed by atoms with Crippen LogP contribution in [0.1, 0.15) is 56.6 Å². The number of sulfonamides is 1. The minimum atomic E-state index is -4.32. The van der Waals surface area contributed by atoms with E-state index in [0.717, 1.165) is 53.6 Å². The molecule has 10 nitrogen and oxygen atoms in total. The molecule has 2 amide bonds. The lowest BCUT2D eigenvalue weighted by molar-refractivity contribution is -0.384. The van der Waals surface area contributed by atoms with Gasteiger partial charge in [-0.05, 0) is 49.9 Å². The summed E-state index contributed by atoms with van der Waals surface area (Å²) in [5.74, 6) is -0.875. The van der Waals surface area contributed by atoms with Gasteiger partial charge in [0.05, 0.1) is 15.5 Å². The van der Waals surface area contributed by atoms with E-state index in [-0.39, 0.29) is 34.8 Å². The van der Waals surface area contributed by atoms with Crippen LogP contribution in [0.2, 0.25) is 0 Å². The van der Waals surface area contributed by atoms with E-state index in [9.17, 15) is 28.1 Å². The highest BCUT2D eigenvalue weighted by molar-refractivity contribution is 7.92. The Kier molecular flexibility index (Phi) is 10.5. The quantitative estimate of drug-likeness (QED) is 0.218. The van der Waals surface area contributed by atoms with Crippen LogP contribution in [0.4, 0.5) is 11.4 Å². The second-order valence-corrected chi connectivity index (χ2v) is 12.7. The van der Waals surface area contributed by atoms with Gasteiger partial charge in [-0.25, -0.2) is 8.42 Å². The first-order valence-corrected chi connectivity index (χ1v) is 16.0. The molecule has 0 heterocycles. The molecule has 3 aromatic rings. The highest BCUT2D eigenvalue weighted by atomic mass is 32.2. The van der Waals surface area contributed by atoms with Gasteiger partial charge in [-0.1, -0.05) is 80.3 Å². The second-order valence-electron chi connectivity index (χ2n) is 10.9. The van der Waals surface area contributed by atoms with Crippen molar-refractivity contribution in [3.8, 4) is 0 Å². The molecular weight excluding hydrogens is 568 g/mol. The van der Waals surface area contributed by atoms with Crippen molar-refractivity contribution in [3.63, 3.8) is 0 Å². The largest absolute Gasteiger partial charge is 0.352 e. The Labute approximate surface area is 252 Å². The zero-order valence-corrected chi connectivity index (χ0v) is 25.3. The Hall–Kier alpha value is -4.25. The fraction of sp³-hybridized carbons (Fsp3) is 0.375. The van der Waals surface area contributed by atoms with Gasteiger partial charge in [-0.15, -0.1) is 0 Å². The molecule has 3 aromatic carbocycles. The monoisotopic (exact) mass is 606 g/mol. The van der Waals surface area contributed by atoms with Crippen LogP contribution in [0.3, 0.4) is 0 Å². The van der Waals surface area contributed by atoms with E-state index in [1.165, 1.54) is 35.2 Å². The molecule has 1 fully saturated rings. The van der Waals surface area contributed by atoms with E-state index in [0.29, 0.717) is 6.42 Å².